The molecule has 3 amide bonds. The molecule has 8 heteroatoms. The lowest BCUT2D eigenvalue weighted by Gasteiger charge is -2.38. The van der Waals surface area contributed by atoms with E-state index in [2.05, 4.69) is 14.7 Å². The second-order valence-corrected chi connectivity index (χ2v) is 6.26. The molecule has 1 N–H and O–H groups in total. The Kier molecular flexibility index (Phi) is 4.75. The first-order chi connectivity index (χ1) is 11.6. The Morgan fingerprint density at radius 3 is 2.79 bits per heavy atom. The average molecular weight is 345 g/mol. The van der Waals surface area contributed by atoms with Gasteiger partial charge in [-0.05, 0) is 13.8 Å². The van der Waals surface area contributed by atoms with Gasteiger partial charge in [-0.2, -0.15) is 9.36 Å². The largest absolute Gasteiger partial charge is 0.339 e. The van der Waals surface area contributed by atoms with Crippen molar-refractivity contribution in [2.45, 2.75) is 19.9 Å². The molecule has 2 aromatic rings. The predicted molar refractivity (Wildman–Crippen MR) is 92.8 cm³/mol. The predicted octanol–water partition coefficient (Wildman–Crippen LogP) is 2.29. The summed E-state index contributed by atoms with van der Waals surface area (Å²) in [5, 5.41) is 3.17. The van der Waals surface area contributed by atoms with Gasteiger partial charge in [-0.15, -0.1) is 0 Å². The number of aromatic nitrogens is 2. The molecule has 1 atom stereocenters. The smallest absolute Gasteiger partial charge is 0.324 e. The lowest BCUT2D eigenvalue weighted by Crippen LogP contribution is -2.58. The van der Waals surface area contributed by atoms with E-state index >= 15 is 0 Å². The molecule has 1 aliphatic rings. The number of hydrogen-bond donors (Lipinski definition) is 1. The van der Waals surface area contributed by atoms with E-state index in [1.54, 1.807) is 11.8 Å². The molecule has 1 aliphatic heterocycles. The molecule has 1 aromatic heterocycles. The van der Waals surface area contributed by atoms with E-state index in [1.807, 2.05) is 37.3 Å². The summed E-state index contributed by atoms with van der Waals surface area (Å²) in [7, 11) is 0. The van der Waals surface area contributed by atoms with Crippen LogP contribution in [-0.2, 0) is 4.79 Å². The molecule has 1 saturated heterocycles. The number of amides is 3. The summed E-state index contributed by atoms with van der Waals surface area (Å²) in [5.41, 5.74) is 0.898. The van der Waals surface area contributed by atoms with E-state index < -0.39 is 6.04 Å². The van der Waals surface area contributed by atoms with Crippen LogP contribution in [0.1, 0.15) is 13.8 Å². The van der Waals surface area contributed by atoms with Crippen LogP contribution in [-0.4, -0.2) is 56.8 Å². The van der Waals surface area contributed by atoms with Crippen molar-refractivity contribution in [2.24, 2.45) is 0 Å². The van der Waals surface area contributed by atoms with Crippen LogP contribution in [0.2, 0.25) is 0 Å². The molecule has 0 radical (unpaired) electrons. The minimum Gasteiger partial charge on any atom is -0.339 e. The van der Waals surface area contributed by atoms with Gasteiger partial charge in [0.25, 0.3) is 0 Å². The number of urea groups is 1. The first-order valence-electron chi connectivity index (χ1n) is 7.85. The first-order valence-corrected chi connectivity index (χ1v) is 8.63. The second-order valence-electron chi connectivity index (χ2n) is 5.51. The van der Waals surface area contributed by atoms with Crippen LogP contribution in [0, 0.1) is 0 Å². The van der Waals surface area contributed by atoms with Gasteiger partial charge in [0.05, 0.1) is 0 Å². The number of benzene rings is 1. The zero-order valence-electron chi connectivity index (χ0n) is 13.6. The van der Waals surface area contributed by atoms with Gasteiger partial charge < -0.3 is 9.80 Å². The molecule has 0 saturated carbocycles. The highest BCUT2D eigenvalue weighted by Gasteiger charge is 2.33. The van der Waals surface area contributed by atoms with Crippen molar-refractivity contribution < 1.29 is 9.59 Å². The summed E-state index contributed by atoms with van der Waals surface area (Å²) >= 11 is 1.13. The monoisotopic (exact) mass is 345 g/mol. The van der Waals surface area contributed by atoms with Crippen LogP contribution < -0.4 is 5.32 Å². The molecular formula is C16H19N5O2S. The number of likely N-dealkylation sites (N-methyl/N-ethyl adjacent to an activating group) is 1. The molecule has 1 fully saturated rings. The molecule has 0 spiro atoms. The van der Waals surface area contributed by atoms with Gasteiger partial charge in [0.2, 0.25) is 11.0 Å². The highest BCUT2D eigenvalue weighted by atomic mass is 32.1. The van der Waals surface area contributed by atoms with Crippen molar-refractivity contribution >= 4 is 28.6 Å². The van der Waals surface area contributed by atoms with Crippen molar-refractivity contribution in [3.63, 3.8) is 0 Å². The number of anilines is 1. The lowest BCUT2D eigenvalue weighted by atomic mass is 10.2. The zero-order valence-corrected chi connectivity index (χ0v) is 14.4. The maximum atomic E-state index is 12.4. The molecular weight excluding hydrogens is 326 g/mol. The number of piperazine rings is 1. The third-order valence-electron chi connectivity index (χ3n) is 4.06. The normalized spacial score (nSPS) is 17.9. The van der Waals surface area contributed by atoms with E-state index in [-0.39, 0.29) is 11.9 Å². The van der Waals surface area contributed by atoms with Crippen LogP contribution in [0.25, 0.3) is 11.4 Å². The van der Waals surface area contributed by atoms with Gasteiger partial charge in [0.15, 0.2) is 5.82 Å². The summed E-state index contributed by atoms with van der Waals surface area (Å²) in [6.07, 6.45) is 0. The Morgan fingerprint density at radius 2 is 2.08 bits per heavy atom. The maximum absolute atomic E-state index is 12.4. The van der Waals surface area contributed by atoms with Crippen molar-refractivity contribution in [3.05, 3.63) is 30.3 Å². The van der Waals surface area contributed by atoms with Gasteiger partial charge in [-0.3, -0.25) is 10.1 Å². The third-order valence-corrected chi connectivity index (χ3v) is 4.69. The van der Waals surface area contributed by atoms with E-state index in [0.29, 0.717) is 30.6 Å². The van der Waals surface area contributed by atoms with E-state index in [0.717, 1.165) is 17.1 Å². The van der Waals surface area contributed by atoms with Crippen LogP contribution in [0.4, 0.5) is 9.93 Å². The summed E-state index contributed by atoms with van der Waals surface area (Å²) in [5.74, 6) is 0.553. The average Bonchev–Trinajstić information content (AvgIpc) is 3.06. The Labute approximate surface area is 144 Å². The number of rotatable bonds is 3. The minimum absolute atomic E-state index is 0.0267. The van der Waals surface area contributed by atoms with Crippen LogP contribution in [0.3, 0.4) is 0 Å². The summed E-state index contributed by atoms with van der Waals surface area (Å²) in [6, 6.07) is 8.79. The van der Waals surface area contributed by atoms with E-state index in [4.69, 9.17) is 0 Å². The summed E-state index contributed by atoms with van der Waals surface area (Å²) in [6.45, 7) is 5.41. The Hall–Kier alpha value is -2.48. The Bertz CT molecular complexity index is 733. The van der Waals surface area contributed by atoms with Crippen molar-refractivity contribution in [3.8, 4) is 11.4 Å². The topological polar surface area (TPSA) is 78.4 Å². The quantitative estimate of drug-likeness (QED) is 0.926. The van der Waals surface area contributed by atoms with E-state index in [9.17, 15) is 9.59 Å². The van der Waals surface area contributed by atoms with Gasteiger partial charge >= 0.3 is 6.03 Å². The van der Waals surface area contributed by atoms with Crippen molar-refractivity contribution in [1.82, 2.24) is 19.2 Å². The van der Waals surface area contributed by atoms with Crippen LogP contribution in [0.5, 0.6) is 0 Å². The van der Waals surface area contributed by atoms with Gasteiger partial charge in [-0.25, -0.2) is 4.79 Å². The molecule has 0 bridgehead atoms. The molecule has 7 nitrogen and oxygen atoms in total. The van der Waals surface area contributed by atoms with E-state index in [1.165, 1.54) is 4.90 Å². The van der Waals surface area contributed by atoms with Crippen molar-refractivity contribution in [2.75, 3.05) is 25.0 Å². The molecule has 2 heterocycles. The third kappa shape index (κ3) is 3.23. The second kappa shape index (κ2) is 6.96. The molecule has 0 aliphatic carbocycles. The molecule has 24 heavy (non-hydrogen) atoms. The number of hydrogen-bond acceptors (Lipinski definition) is 5. The fraction of sp³-hybridized carbons (Fsp3) is 0.375. The lowest BCUT2D eigenvalue weighted by molar-refractivity contribution is -0.138. The molecule has 0 unspecified atom stereocenters. The molecule has 126 valence electrons. The fourth-order valence-electron chi connectivity index (χ4n) is 2.66. The number of nitrogens with one attached hydrogen (secondary N) is 1. The SMILES string of the molecule is CCN1CCN(C(=O)Nc2nc(-c3ccccc3)ns2)[C@H](C)C1=O. The summed E-state index contributed by atoms with van der Waals surface area (Å²) < 4.78 is 4.27. The number of nitrogens with zero attached hydrogens (tertiary/aromatic N) is 4. The van der Waals surface area contributed by atoms with Crippen LogP contribution >= 0.6 is 11.5 Å². The number of carbonyl (C=O) groups excluding carboxylic acids is 2. The highest BCUT2D eigenvalue weighted by molar-refractivity contribution is 7.10. The van der Waals surface area contributed by atoms with Crippen molar-refractivity contribution in [1.29, 1.82) is 0 Å². The van der Waals surface area contributed by atoms with Gasteiger partial charge in [0, 0.05) is 36.7 Å². The zero-order chi connectivity index (χ0) is 17.1. The maximum Gasteiger partial charge on any atom is 0.324 e. The Balaban J connectivity index is 1.67. The molecule has 3 rings (SSSR count). The minimum atomic E-state index is -0.472. The molecule has 1 aromatic carbocycles. The Morgan fingerprint density at radius 1 is 1.33 bits per heavy atom. The fourth-order valence-corrected chi connectivity index (χ4v) is 3.24. The standard InChI is InChI=1S/C16H19N5O2S/c1-3-20-9-10-21(11(2)14(20)22)16(23)18-15-17-13(19-24-15)12-7-5-4-6-8-12/h4-8,11H,3,9-10H2,1-2H3,(H,17,18,19,23)/t11-/m1/s1. The van der Waals surface area contributed by atoms with Crippen LogP contribution in [0.15, 0.2) is 30.3 Å². The number of carbonyl (C=O) groups is 2. The first kappa shape index (κ1) is 16.4. The van der Waals surface area contributed by atoms with Gasteiger partial charge in [0.1, 0.15) is 6.04 Å². The summed E-state index contributed by atoms with van der Waals surface area (Å²) in [4.78, 5) is 32.3. The van der Waals surface area contributed by atoms with Gasteiger partial charge in [-0.1, -0.05) is 30.3 Å². The highest BCUT2D eigenvalue weighted by Crippen LogP contribution is 2.21.